The zero-order chi connectivity index (χ0) is 26.6. The van der Waals surface area contributed by atoms with E-state index in [2.05, 4.69) is 38.3 Å². The number of likely N-dealkylation sites (tertiary alicyclic amines) is 1. The van der Waals surface area contributed by atoms with E-state index >= 15 is 0 Å². The Balaban J connectivity index is 1.54. The molecule has 1 aliphatic heterocycles. The van der Waals surface area contributed by atoms with Gasteiger partial charge in [-0.25, -0.2) is 4.98 Å². The van der Waals surface area contributed by atoms with Gasteiger partial charge in [0.1, 0.15) is 17.8 Å². The second-order valence-electron chi connectivity index (χ2n) is 9.52. The van der Waals surface area contributed by atoms with Gasteiger partial charge in [0.2, 0.25) is 11.8 Å². The summed E-state index contributed by atoms with van der Waals surface area (Å²) < 4.78 is 2.88. The summed E-state index contributed by atoms with van der Waals surface area (Å²) in [6.45, 7) is 4.09. The van der Waals surface area contributed by atoms with Crippen LogP contribution in [0.5, 0.6) is 0 Å². The van der Waals surface area contributed by atoms with Gasteiger partial charge in [-0.2, -0.15) is 0 Å². The van der Waals surface area contributed by atoms with Crippen LogP contribution >= 0.6 is 11.9 Å². The molecule has 2 fully saturated rings. The summed E-state index contributed by atoms with van der Waals surface area (Å²) in [6, 6.07) is -1.39. The number of aromatic nitrogens is 2. The summed E-state index contributed by atoms with van der Waals surface area (Å²) in [4.78, 5) is 60.7. The van der Waals surface area contributed by atoms with Gasteiger partial charge < -0.3 is 15.5 Å². The highest BCUT2D eigenvalue weighted by molar-refractivity contribution is 7.98. The number of nitrogens with one attached hydrogen (secondary N) is 3. The minimum atomic E-state index is -0.710. The van der Waals surface area contributed by atoms with Crippen LogP contribution in [0.4, 0.5) is 0 Å². The number of aryl methyl sites for hydroxylation is 1. The molecule has 3 N–H and O–H groups in total. The highest BCUT2D eigenvalue weighted by atomic mass is 32.2. The molecule has 1 aliphatic carbocycles. The lowest BCUT2D eigenvalue weighted by atomic mass is 10.1. The average Bonchev–Trinajstić information content (AvgIpc) is 3.60. The third kappa shape index (κ3) is 9.46. The molecule has 1 aromatic heterocycles. The molecule has 1 saturated carbocycles. The molecule has 10 nitrogen and oxygen atoms in total. The number of carbonyl (C=O) groups is 4. The van der Waals surface area contributed by atoms with Crippen LogP contribution in [0, 0.1) is 6.92 Å². The first-order valence-electron chi connectivity index (χ1n) is 13.2. The molecule has 0 aromatic carbocycles. The van der Waals surface area contributed by atoms with Crippen LogP contribution in [0.25, 0.3) is 0 Å². The van der Waals surface area contributed by atoms with Crippen molar-refractivity contribution in [3.8, 4) is 0 Å². The zero-order valence-electron chi connectivity index (χ0n) is 21.7. The van der Waals surface area contributed by atoms with Gasteiger partial charge in [0.15, 0.2) is 0 Å². The predicted molar refractivity (Wildman–Crippen MR) is 142 cm³/mol. The number of carbonyl (C=O) groups excluding carboxylic acids is 4. The van der Waals surface area contributed by atoms with Gasteiger partial charge in [0.05, 0.1) is 18.4 Å². The summed E-state index contributed by atoms with van der Waals surface area (Å²) in [6.07, 6.45) is 14.9. The zero-order valence-corrected chi connectivity index (χ0v) is 22.5. The number of amides is 4. The van der Waals surface area contributed by atoms with E-state index in [4.69, 9.17) is 0 Å². The standard InChI is InChI=1S/C26H38N6O4S/c1-3-4-5-6-7-8-10-20(25(35)31-37-19-12-13-19)30-26(36)22-11-9-14-32(22)23(33)17-29-24(34)21-16-27-18(2)15-28-21/h7-8,15-16,19-20,22H,3-6,9-14,17H2,1-2H3,(H,29,34)(H,30,36)(H,31,35)/b8-7-. The molecule has 2 heterocycles. The topological polar surface area (TPSA) is 133 Å². The van der Waals surface area contributed by atoms with Gasteiger partial charge in [-0.3, -0.25) is 28.9 Å². The Kier molecular flexibility index (Phi) is 11.4. The fraction of sp³-hybridized carbons (Fsp3) is 0.615. The van der Waals surface area contributed by atoms with Crippen LogP contribution in [0.15, 0.2) is 24.5 Å². The predicted octanol–water partition coefficient (Wildman–Crippen LogP) is 2.44. The lowest BCUT2D eigenvalue weighted by Gasteiger charge is -2.26. The van der Waals surface area contributed by atoms with Crippen LogP contribution in [-0.2, 0) is 14.4 Å². The lowest BCUT2D eigenvalue weighted by molar-refractivity contribution is -0.138. The van der Waals surface area contributed by atoms with Crippen LogP contribution in [0.1, 0.15) is 80.9 Å². The first kappa shape index (κ1) is 28.6. The van der Waals surface area contributed by atoms with Crippen LogP contribution in [-0.4, -0.2) is 68.9 Å². The normalized spacial score (nSPS) is 18.0. The van der Waals surface area contributed by atoms with Crippen molar-refractivity contribution in [2.45, 2.75) is 89.0 Å². The van der Waals surface area contributed by atoms with E-state index in [0.717, 1.165) is 38.5 Å². The highest BCUT2D eigenvalue weighted by Gasteiger charge is 2.36. The fourth-order valence-electron chi connectivity index (χ4n) is 3.96. The van der Waals surface area contributed by atoms with E-state index in [1.165, 1.54) is 29.2 Å². The Bertz CT molecular complexity index is 966. The van der Waals surface area contributed by atoms with Crippen LogP contribution in [0.2, 0.25) is 0 Å². The number of hydrogen-bond donors (Lipinski definition) is 3. The summed E-state index contributed by atoms with van der Waals surface area (Å²) in [5, 5.41) is 5.88. The molecule has 0 radical (unpaired) electrons. The molecule has 2 aliphatic rings. The second kappa shape index (κ2) is 14.7. The third-order valence-electron chi connectivity index (χ3n) is 6.29. The lowest BCUT2D eigenvalue weighted by Crippen LogP contribution is -2.53. The molecule has 2 unspecified atom stereocenters. The fourth-order valence-corrected chi connectivity index (χ4v) is 4.75. The number of allylic oxidation sites excluding steroid dienone is 1. The summed E-state index contributed by atoms with van der Waals surface area (Å²) >= 11 is 1.41. The van der Waals surface area contributed by atoms with E-state index < -0.39 is 18.0 Å². The molecule has 1 aromatic rings. The molecule has 0 spiro atoms. The molecule has 0 bridgehead atoms. The maximum atomic E-state index is 13.2. The molecule has 1 saturated heterocycles. The number of unbranched alkanes of at least 4 members (excludes halogenated alkanes) is 3. The molecule has 2 atom stereocenters. The van der Waals surface area contributed by atoms with Gasteiger partial charge in [0.25, 0.3) is 11.8 Å². The maximum absolute atomic E-state index is 13.2. The van der Waals surface area contributed by atoms with E-state index in [0.29, 0.717) is 36.8 Å². The van der Waals surface area contributed by atoms with Crippen molar-refractivity contribution in [3.63, 3.8) is 0 Å². The molecule has 37 heavy (non-hydrogen) atoms. The molecular weight excluding hydrogens is 492 g/mol. The highest BCUT2D eigenvalue weighted by Crippen LogP contribution is 2.31. The Hall–Kier alpha value is -2.95. The number of hydrogen-bond acceptors (Lipinski definition) is 7. The quantitative estimate of drug-likeness (QED) is 0.191. The maximum Gasteiger partial charge on any atom is 0.271 e. The first-order valence-corrected chi connectivity index (χ1v) is 14.0. The van der Waals surface area contributed by atoms with E-state index in [9.17, 15) is 19.2 Å². The summed E-state index contributed by atoms with van der Waals surface area (Å²) in [5.74, 6) is -1.44. The Morgan fingerprint density at radius 2 is 1.95 bits per heavy atom. The van der Waals surface area contributed by atoms with Crippen LogP contribution < -0.4 is 15.4 Å². The van der Waals surface area contributed by atoms with Gasteiger partial charge in [-0.1, -0.05) is 31.9 Å². The number of nitrogens with zero attached hydrogens (tertiary/aromatic N) is 3. The van der Waals surface area contributed by atoms with Crippen molar-refractivity contribution in [1.29, 1.82) is 0 Å². The molecular formula is C26H38N6O4S. The molecule has 11 heteroatoms. The summed E-state index contributed by atoms with van der Waals surface area (Å²) in [5.41, 5.74) is 0.804. The van der Waals surface area contributed by atoms with Crippen molar-refractivity contribution in [3.05, 3.63) is 35.9 Å². The smallest absolute Gasteiger partial charge is 0.271 e. The van der Waals surface area contributed by atoms with Gasteiger partial charge in [-0.05, 0) is 63.8 Å². The van der Waals surface area contributed by atoms with Gasteiger partial charge in [-0.15, -0.1) is 0 Å². The molecule has 4 amide bonds. The first-order chi connectivity index (χ1) is 17.9. The van der Waals surface area contributed by atoms with E-state index in [1.807, 2.05) is 6.08 Å². The molecule has 202 valence electrons. The van der Waals surface area contributed by atoms with Gasteiger partial charge >= 0.3 is 0 Å². The van der Waals surface area contributed by atoms with Crippen molar-refractivity contribution in [2.24, 2.45) is 0 Å². The molecule has 3 rings (SSSR count). The van der Waals surface area contributed by atoms with Crippen molar-refractivity contribution in [1.82, 2.24) is 30.2 Å². The second-order valence-corrected chi connectivity index (χ2v) is 10.6. The van der Waals surface area contributed by atoms with Crippen LogP contribution in [0.3, 0.4) is 0 Å². The minimum Gasteiger partial charge on any atom is -0.342 e. The Morgan fingerprint density at radius 3 is 2.65 bits per heavy atom. The van der Waals surface area contributed by atoms with Crippen molar-refractivity contribution < 1.29 is 19.2 Å². The third-order valence-corrected chi connectivity index (χ3v) is 7.41. The van der Waals surface area contributed by atoms with Gasteiger partial charge in [0, 0.05) is 18.0 Å². The monoisotopic (exact) mass is 530 g/mol. The average molecular weight is 531 g/mol. The van der Waals surface area contributed by atoms with E-state index in [1.54, 1.807) is 6.92 Å². The van der Waals surface area contributed by atoms with Crippen molar-refractivity contribution in [2.75, 3.05) is 13.1 Å². The van der Waals surface area contributed by atoms with E-state index in [-0.39, 0.29) is 30.0 Å². The van der Waals surface area contributed by atoms with Crippen molar-refractivity contribution >= 4 is 35.6 Å². The summed E-state index contributed by atoms with van der Waals surface area (Å²) in [7, 11) is 0. The Labute approximate surface area is 223 Å². The minimum absolute atomic E-state index is 0.120. The SMILES string of the molecule is CCCCC/C=C\CC(NC(=O)C1CCCN1C(=O)CNC(=O)c1cnc(C)cn1)C(=O)NSC1CC1. The largest absolute Gasteiger partial charge is 0.342 e. The Morgan fingerprint density at radius 1 is 1.14 bits per heavy atom. The number of rotatable bonds is 14.